The molecule has 0 aliphatic carbocycles. The van der Waals surface area contributed by atoms with Crippen molar-refractivity contribution in [2.24, 2.45) is 17.8 Å². The lowest BCUT2D eigenvalue weighted by molar-refractivity contribution is -0.153. The number of rotatable bonds is 13. The largest absolute Gasteiger partial charge is 0.394 e. The Bertz CT molecular complexity index is 1480. The van der Waals surface area contributed by atoms with Crippen molar-refractivity contribution >= 4 is 35.0 Å². The first-order valence-electron chi connectivity index (χ1n) is 16.2. The second-order valence-corrected chi connectivity index (χ2v) is 13.7. The Balaban J connectivity index is 1.64. The molecule has 0 radical (unpaired) electrons. The number of carbonyl (C=O) groups excluding carboxylic acids is 3. The summed E-state index contributed by atoms with van der Waals surface area (Å²) < 4.78 is 6.93. The minimum Gasteiger partial charge on any atom is -0.394 e. The maximum absolute atomic E-state index is 15.1. The van der Waals surface area contributed by atoms with Gasteiger partial charge >= 0.3 is 0 Å². The molecule has 246 valence electrons. The smallest absolute Gasteiger partial charge is 0.253 e. The minimum atomic E-state index is -1.26. The van der Waals surface area contributed by atoms with Gasteiger partial charge in [-0.05, 0) is 49.8 Å². The molecule has 9 heteroatoms. The van der Waals surface area contributed by atoms with Crippen molar-refractivity contribution in [3.63, 3.8) is 0 Å². The fourth-order valence-electron chi connectivity index (χ4n) is 8.11. The van der Waals surface area contributed by atoms with Crippen molar-refractivity contribution in [3.05, 3.63) is 90.0 Å². The second kappa shape index (κ2) is 13.3. The van der Waals surface area contributed by atoms with Crippen LogP contribution in [0.2, 0.25) is 5.02 Å². The lowest BCUT2D eigenvalue weighted by Crippen LogP contribution is -2.60. The Kier molecular flexibility index (Phi) is 9.83. The van der Waals surface area contributed by atoms with Crippen LogP contribution in [0.1, 0.15) is 51.2 Å². The topological polar surface area (TPSA) is 90.4 Å². The summed E-state index contributed by atoms with van der Waals surface area (Å²) >= 11 is 6.71. The number of amides is 3. The lowest BCUT2D eigenvalue weighted by Gasteiger charge is -2.41. The highest BCUT2D eigenvalue weighted by atomic mass is 35.5. The van der Waals surface area contributed by atoms with Gasteiger partial charge < -0.3 is 24.5 Å². The molecule has 3 aliphatic rings. The van der Waals surface area contributed by atoms with Gasteiger partial charge in [0.25, 0.3) is 5.91 Å². The van der Waals surface area contributed by atoms with Gasteiger partial charge in [-0.15, -0.1) is 13.2 Å². The van der Waals surface area contributed by atoms with E-state index in [0.29, 0.717) is 43.1 Å². The van der Waals surface area contributed by atoms with Crippen LogP contribution >= 0.6 is 11.6 Å². The maximum Gasteiger partial charge on any atom is 0.253 e. The van der Waals surface area contributed by atoms with Gasteiger partial charge in [-0.1, -0.05) is 86.5 Å². The molecule has 0 saturated carbocycles. The average molecular weight is 648 g/mol. The molecular formula is C37H46ClN3O5. The van der Waals surface area contributed by atoms with Gasteiger partial charge in [0.2, 0.25) is 11.8 Å². The van der Waals surface area contributed by atoms with Gasteiger partial charge in [0, 0.05) is 19.6 Å². The number of aryl methyl sites for hydroxylation is 1. The Hall–Kier alpha value is -3.46. The zero-order chi connectivity index (χ0) is 33.4. The molecule has 7 atom stereocenters. The number of anilines is 1. The van der Waals surface area contributed by atoms with Crippen molar-refractivity contribution in [1.82, 2.24) is 9.80 Å². The summed E-state index contributed by atoms with van der Waals surface area (Å²) in [6.07, 6.45) is 4.94. The van der Waals surface area contributed by atoms with Gasteiger partial charge in [-0.2, -0.15) is 0 Å². The standard InChI is InChI=1S/C37H46ClN3O5/c1-7-20-39(22-26-15-11-10-12-16-26)33(43)29-30-34(44)41(28(23-42)24(4)9-3)32(37(30)19-18-36(29,6)46-37)35(45)40(21-8-2)31-25(5)14-13-17-27(31)38/h7-8,10-17,24,28-30,32,42H,1-2,9,18-23H2,3-6H3/t24-,28-,29-,30-,32?,36+,37?/m0/s1. The molecule has 1 N–H and O–H groups in total. The van der Waals surface area contributed by atoms with Crippen molar-refractivity contribution < 1.29 is 24.2 Å². The van der Waals surface area contributed by atoms with E-state index in [1.165, 1.54) is 0 Å². The van der Waals surface area contributed by atoms with Crippen LogP contribution in [0, 0.1) is 24.7 Å². The van der Waals surface area contributed by atoms with E-state index in [0.717, 1.165) is 11.1 Å². The maximum atomic E-state index is 15.1. The van der Waals surface area contributed by atoms with Crippen molar-refractivity contribution in [2.45, 2.75) is 76.8 Å². The summed E-state index contributed by atoms with van der Waals surface area (Å²) in [5, 5.41) is 11.1. The summed E-state index contributed by atoms with van der Waals surface area (Å²) in [7, 11) is 0. The van der Waals surface area contributed by atoms with Crippen LogP contribution in [0.25, 0.3) is 0 Å². The van der Waals surface area contributed by atoms with Crippen LogP contribution in [0.15, 0.2) is 73.8 Å². The number of ether oxygens (including phenoxy) is 1. The highest BCUT2D eigenvalue weighted by molar-refractivity contribution is 6.34. The molecule has 3 fully saturated rings. The quantitative estimate of drug-likeness (QED) is 0.288. The van der Waals surface area contributed by atoms with Gasteiger partial charge in [-0.3, -0.25) is 14.4 Å². The van der Waals surface area contributed by atoms with E-state index in [-0.39, 0.29) is 36.8 Å². The molecule has 3 aliphatic heterocycles. The second-order valence-electron chi connectivity index (χ2n) is 13.2. The fourth-order valence-corrected chi connectivity index (χ4v) is 8.44. The predicted molar refractivity (Wildman–Crippen MR) is 180 cm³/mol. The summed E-state index contributed by atoms with van der Waals surface area (Å²) in [6, 6.07) is 13.4. The van der Waals surface area contributed by atoms with E-state index in [4.69, 9.17) is 16.3 Å². The molecule has 8 nitrogen and oxygen atoms in total. The Morgan fingerprint density at radius 1 is 1.11 bits per heavy atom. The van der Waals surface area contributed by atoms with E-state index < -0.39 is 35.1 Å². The number of carbonyl (C=O) groups is 3. The summed E-state index contributed by atoms with van der Waals surface area (Å²) in [5.41, 5.74) is 0.0852. The number of benzene rings is 2. The van der Waals surface area contributed by atoms with Gasteiger partial charge in [0.05, 0.1) is 40.8 Å². The molecule has 3 heterocycles. The van der Waals surface area contributed by atoms with Crippen LogP contribution in [0.4, 0.5) is 5.69 Å². The van der Waals surface area contributed by atoms with Crippen LogP contribution in [-0.2, 0) is 25.7 Å². The number of hydrogen-bond acceptors (Lipinski definition) is 5. The van der Waals surface area contributed by atoms with Crippen molar-refractivity contribution in [3.8, 4) is 0 Å². The average Bonchev–Trinajstić information content (AvgIpc) is 3.61. The summed E-state index contributed by atoms with van der Waals surface area (Å²) in [6.45, 7) is 16.0. The zero-order valence-electron chi connectivity index (χ0n) is 27.3. The zero-order valence-corrected chi connectivity index (χ0v) is 28.1. The van der Waals surface area contributed by atoms with E-state index in [2.05, 4.69) is 13.2 Å². The number of likely N-dealkylation sites (tertiary alicyclic amines) is 1. The Morgan fingerprint density at radius 3 is 2.41 bits per heavy atom. The fraction of sp³-hybridized carbons (Fsp3) is 0.486. The minimum absolute atomic E-state index is 0.119. The highest BCUT2D eigenvalue weighted by Gasteiger charge is 2.79. The number of aliphatic hydroxyl groups is 1. The summed E-state index contributed by atoms with van der Waals surface area (Å²) in [4.78, 5) is 49.4. The van der Waals surface area contributed by atoms with Gasteiger partial charge in [-0.25, -0.2) is 0 Å². The first-order valence-corrected chi connectivity index (χ1v) is 16.6. The first-order chi connectivity index (χ1) is 22.0. The molecule has 1 spiro atoms. The van der Waals surface area contributed by atoms with E-state index >= 15 is 4.79 Å². The molecule has 2 aromatic carbocycles. The third-order valence-electron chi connectivity index (χ3n) is 10.5. The lowest BCUT2D eigenvalue weighted by atomic mass is 9.66. The highest BCUT2D eigenvalue weighted by Crippen LogP contribution is 2.64. The molecule has 0 aromatic heterocycles. The summed E-state index contributed by atoms with van der Waals surface area (Å²) in [5.74, 6) is -2.72. The first kappa shape index (κ1) is 33.9. The number of nitrogens with zero attached hydrogens (tertiary/aromatic N) is 3. The van der Waals surface area contributed by atoms with E-state index in [9.17, 15) is 14.7 Å². The molecule has 2 aromatic rings. The van der Waals surface area contributed by atoms with Crippen molar-refractivity contribution in [2.75, 3.05) is 24.6 Å². The molecule has 2 unspecified atom stereocenters. The molecule has 3 amide bonds. The van der Waals surface area contributed by atoms with E-state index in [1.54, 1.807) is 32.9 Å². The molecule has 46 heavy (non-hydrogen) atoms. The number of fused-ring (bicyclic) bond motifs is 1. The SMILES string of the molecule is C=CCN(Cc1ccccc1)C(=O)[C@@H]1[C@H]2C(=O)N([C@@H](CO)[C@@H](C)CC)C(C(=O)N(CC=C)c3c(C)cccc3Cl)C23CC[C@@]1(C)O3. The molecule has 2 bridgehead atoms. The number of para-hydroxylation sites is 1. The third-order valence-corrected chi connectivity index (χ3v) is 10.8. The number of hydrogen-bond donors (Lipinski definition) is 1. The Morgan fingerprint density at radius 2 is 1.80 bits per heavy atom. The molecule has 5 rings (SSSR count). The van der Waals surface area contributed by atoms with Crippen LogP contribution in [0.5, 0.6) is 0 Å². The van der Waals surface area contributed by atoms with Crippen molar-refractivity contribution in [1.29, 1.82) is 0 Å². The van der Waals surface area contributed by atoms with Crippen LogP contribution in [0.3, 0.4) is 0 Å². The van der Waals surface area contributed by atoms with Crippen LogP contribution in [-0.4, -0.2) is 75.6 Å². The predicted octanol–water partition coefficient (Wildman–Crippen LogP) is 5.55. The van der Waals surface area contributed by atoms with Gasteiger partial charge in [0.15, 0.2) is 0 Å². The molecule has 3 saturated heterocycles. The van der Waals surface area contributed by atoms with E-state index in [1.807, 2.05) is 70.2 Å². The normalized spacial score (nSPS) is 27.7. The monoisotopic (exact) mass is 647 g/mol. The number of halogens is 1. The Labute approximate surface area is 277 Å². The van der Waals surface area contributed by atoms with Crippen LogP contribution < -0.4 is 4.90 Å². The number of aliphatic hydroxyl groups excluding tert-OH is 1. The molecular weight excluding hydrogens is 602 g/mol. The van der Waals surface area contributed by atoms with Gasteiger partial charge in [0.1, 0.15) is 11.6 Å². The third kappa shape index (κ3) is 5.48.